The fraction of sp³-hybridized carbons (Fsp3) is 0. The molecule has 0 aliphatic rings. The SMILES string of the molecule is O=[N+]([O-])c1cc(Br)c(F)c(F)c1Cl. The van der Waals surface area contributed by atoms with Gasteiger partial charge in [0.25, 0.3) is 5.69 Å². The molecule has 70 valence electrons. The van der Waals surface area contributed by atoms with Crippen molar-refractivity contribution in [1.82, 2.24) is 0 Å². The summed E-state index contributed by atoms with van der Waals surface area (Å²) in [7, 11) is 0. The van der Waals surface area contributed by atoms with Crippen LogP contribution in [0, 0.1) is 21.7 Å². The Morgan fingerprint density at radius 2 is 2.00 bits per heavy atom. The quantitative estimate of drug-likeness (QED) is 0.341. The Kier molecular flexibility index (Phi) is 2.82. The fourth-order valence-electron chi connectivity index (χ4n) is 0.693. The van der Waals surface area contributed by atoms with Gasteiger partial charge in [-0.05, 0) is 15.9 Å². The summed E-state index contributed by atoms with van der Waals surface area (Å²) in [4.78, 5) is 9.36. The highest BCUT2D eigenvalue weighted by molar-refractivity contribution is 9.10. The molecule has 1 rings (SSSR count). The first-order chi connectivity index (χ1) is 5.95. The molecule has 0 bridgehead atoms. The monoisotopic (exact) mass is 271 g/mol. The summed E-state index contributed by atoms with van der Waals surface area (Å²) in [5.41, 5.74) is -0.674. The predicted octanol–water partition coefficient (Wildman–Crippen LogP) is 3.29. The summed E-state index contributed by atoms with van der Waals surface area (Å²) in [5, 5.41) is 9.42. The van der Waals surface area contributed by atoms with Gasteiger partial charge in [0.05, 0.1) is 9.40 Å². The van der Waals surface area contributed by atoms with Gasteiger partial charge in [0.15, 0.2) is 16.7 Å². The zero-order chi connectivity index (χ0) is 10.2. The molecule has 7 heteroatoms. The first-order valence-corrected chi connectivity index (χ1v) is 4.09. The second-order valence-electron chi connectivity index (χ2n) is 2.08. The summed E-state index contributed by atoms with van der Waals surface area (Å²) < 4.78 is 25.1. The third-order valence-electron chi connectivity index (χ3n) is 1.28. The third-order valence-corrected chi connectivity index (χ3v) is 2.22. The standard InChI is InChI=1S/C6HBrClF2NO2/c7-2-1-3(11(12)13)4(8)6(10)5(2)9/h1H. The van der Waals surface area contributed by atoms with Gasteiger partial charge in [-0.25, -0.2) is 8.78 Å². The first-order valence-electron chi connectivity index (χ1n) is 2.92. The molecular weight excluding hydrogens is 271 g/mol. The van der Waals surface area contributed by atoms with Crippen molar-refractivity contribution in [1.29, 1.82) is 0 Å². The largest absolute Gasteiger partial charge is 0.292 e. The van der Waals surface area contributed by atoms with E-state index in [0.717, 1.165) is 6.07 Å². The molecule has 0 fully saturated rings. The molecule has 0 spiro atoms. The van der Waals surface area contributed by atoms with Crippen LogP contribution < -0.4 is 0 Å². The van der Waals surface area contributed by atoms with Gasteiger partial charge in [-0.1, -0.05) is 11.6 Å². The number of nitro benzene ring substituents is 1. The number of benzene rings is 1. The molecule has 0 unspecified atom stereocenters. The van der Waals surface area contributed by atoms with Crippen molar-refractivity contribution in [2.24, 2.45) is 0 Å². The Morgan fingerprint density at radius 1 is 1.46 bits per heavy atom. The molecule has 0 saturated carbocycles. The second kappa shape index (κ2) is 3.55. The highest BCUT2D eigenvalue weighted by Gasteiger charge is 2.22. The van der Waals surface area contributed by atoms with Crippen molar-refractivity contribution in [3.63, 3.8) is 0 Å². The van der Waals surface area contributed by atoms with E-state index in [2.05, 4.69) is 15.9 Å². The first kappa shape index (κ1) is 10.3. The van der Waals surface area contributed by atoms with Crippen molar-refractivity contribution < 1.29 is 13.7 Å². The minimum atomic E-state index is -1.43. The van der Waals surface area contributed by atoms with E-state index in [1.165, 1.54) is 0 Å². The summed E-state index contributed by atoms with van der Waals surface area (Å²) in [6.07, 6.45) is 0. The summed E-state index contributed by atoms with van der Waals surface area (Å²) in [6.45, 7) is 0. The lowest BCUT2D eigenvalue weighted by atomic mass is 10.3. The minimum absolute atomic E-state index is 0.332. The number of rotatable bonds is 1. The van der Waals surface area contributed by atoms with Gasteiger partial charge in [-0.2, -0.15) is 0 Å². The molecule has 0 atom stereocenters. The molecule has 1 aromatic carbocycles. The Bertz CT molecular complexity index is 385. The van der Waals surface area contributed by atoms with E-state index in [1.807, 2.05) is 0 Å². The van der Waals surface area contributed by atoms with Crippen LogP contribution in [0.3, 0.4) is 0 Å². The van der Waals surface area contributed by atoms with E-state index in [0.29, 0.717) is 0 Å². The molecule has 3 nitrogen and oxygen atoms in total. The average molecular weight is 272 g/mol. The highest BCUT2D eigenvalue weighted by Crippen LogP contribution is 2.33. The fourth-order valence-corrected chi connectivity index (χ4v) is 1.29. The van der Waals surface area contributed by atoms with E-state index >= 15 is 0 Å². The molecule has 0 N–H and O–H groups in total. The number of hydrogen-bond donors (Lipinski definition) is 0. The maximum atomic E-state index is 12.8. The van der Waals surface area contributed by atoms with Crippen LogP contribution in [-0.2, 0) is 0 Å². The van der Waals surface area contributed by atoms with Crippen molar-refractivity contribution in [3.8, 4) is 0 Å². The van der Waals surface area contributed by atoms with Crippen molar-refractivity contribution in [2.45, 2.75) is 0 Å². The molecule has 1 aromatic rings. The maximum Gasteiger partial charge on any atom is 0.292 e. The number of halogens is 4. The topological polar surface area (TPSA) is 43.1 Å². The molecular formula is C6HBrClF2NO2. The lowest BCUT2D eigenvalue weighted by molar-refractivity contribution is -0.385. The van der Waals surface area contributed by atoms with Gasteiger partial charge in [-0.3, -0.25) is 10.1 Å². The van der Waals surface area contributed by atoms with Crippen LogP contribution in [0.25, 0.3) is 0 Å². The van der Waals surface area contributed by atoms with Crippen molar-refractivity contribution >= 4 is 33.2 Å². The van der Waals surface area contributed by atoms with E-state index in [1.54, 1.807) is 0 Å². The lowest BCUT2D eigenvalue weighted by Gasteiger charge is -1.99. The lowest BCUT2D eigenvalue weighted by Crippen LogP contribution is -1.95. The smallest absolute Gasteiger partial charge is 0.258 e. The predicted molar refractivity (Wildman–Crippen MR) is 45.7 cm³/mol. The van der Waals surface area contributed by atoms with E-state index in [-0.39, 0.29) is 4.47 Å². The number of hydrogen-bond acceptors (Lipinski definition) is 2. The zero-order valence-corrected chi connectivity index (χ0v) is 8.19. The highest BCUT2D eigenvalue weighted by atomic mass is 79.9. The van der Waals surface area contributed by atoms with Gasteiger partial charge in [0.2, 0.25) is 0 Å². The van der Waals surface area contributed by atoms with Crippen LogP contribution in [0.1, 0.15) is 0 Å². The van der Waals surface area contributed by atoms with E-state index < -0.39 is 27.3 Å². The van der Waals surface area contributed by atoms with Crippen LogP contribution in [0.5, 0.6) is 0 Å². The van der Waals surface area contributed by atoms with Crippen molar-refractivity contribution in [2.75, 3.05) is 0 Å². The van der Waals surface area contributed by atoms with Gasteiger partial charge >= 0.3 is 0 Å². The molecule has 0 radical (unpaired) electrons. The van der Waals surface area contributed by atoms with Gasteiger partial charge in [-0.15, -0.1) is 0 Å². The van der Waals surface area contributed by atoms with Crippen LogP contribution in [0.4, 0.5) is 14.5 Å². The van der Waals surface area contributed by atoms with Gasteiger partial charge in [0, 0.05) is 6.07 Å². The van der Waals surface area contributed by atoms with Crippen LogP contribution >= 0.6 is 27.5 Å². The van der Waals surface area contributed by atoms with E-state index in [4.69, 9.17) is 11.6 Å². The summed E-state index contributed by atoms with van der Waals surface area (Å²) >= 11 is 7.81. The normalized spacial score (nSPS) is 10.2. The molecule has 0 heterocycles. The van der Waals surface area contributed by atoms with Crippen LogP contribution in [-0.4, -0.2) is 4.92 Å². The Labute approximate surface area is 84.6 Å². The molecule has 0 aliphatic carbocycles. The van der Waals surface area contributed by atoms with Crippen molar-refractivity contribution in [3.05, 3.63) is 37.3 Å². The van der Waals surface area contributed by atoms with E-state index in [9.17, 15) is 18.9 Å². The molecule has 0 saturated heterocycles. The second-order valence-corrected chi connectivity index (χ2v) is 3.31. The molecule has 0 aromatic heterocycles. The van der Waals surface area contributed by atoms with Crippen LogP contribution in [0.15, 0.2) is 10.5 Å². The summed E-state index contributed by atoms with van der Waals surface area (Å²) in [5.74, 6) is -2.67. The van der Waals surface area contributed by atoms with Crippen LogP contribution in [0.2, 0.25) is 5.02 Å². The molecule has 0 amide bonds. The average Bonchev–Trinajstić information content (AvgIpc) is 2.07. The summed E-state index contributed by atoms with van der Waals surface area (Å²) in [6, 6.07) is 0.806. The zero-order valence-electron chi connectivity index (χ0n) is 5.85. The third kappa shape index (κ3) is 1.78. The van der Waals surface area contributed by atoms with Gasteiger partial charge in [0.1, 0.15) is 0 Å². The Balaban J connectivity index is 3.50. The Hall–Kier alpha value is -0.750. The number of nitrogens with zero attached hydrogens (tertiary/aromatic N) is 1. The minimum Gasteiger partial charge on any atom is -0.258 e. The molecule has 13 heavy (non-hydrogen) atoms. The number of nitro groups is 1. The maximum absolute atomic E-state index is 12.8. The molecule has 0 aliphatic heterocycles. The Morgan fingerprint density at radius 3 is 2.46 bits per heavy atom. The van der Waals surface area contributed by atoms with Gasteiger partial charge < -0.3 is 0 Å².